The number of nitrogens with one attached hydrogen (secondary N) is 1. The van der Waals surface area contributed by atoms with Crippen molar-refractivity contribution in [1.29, 1.82) is 0 Å². The van der Waals surface area contributed by atoms with Gasteiger partial charge in [-0.2, -0.15) is 0 Å². The molecule has 0 aliphatic heterocycles. The Morgan fingerprint density at radius 2 is 1.79 bits per heavy atom. The van der Waals surface area contributed by atoms with E-state index in [-0.39, 0.29) is 0 Å². The summed E-state index contributed by atoms with van der Waals surface area (Å²) in [4.78, 5) is 9.24. The molecule has 0 unspecified atom stereocenters. The summed E-state index contributed by atoms with van der Waals surface area (Å²) in [6.07, 6.45) is 0. The van der Waals surface area contributed by atoms with Gasteiger partial charge >= 0.3 is 0 Å². The minimum absolute atomic E-state index is 0.355. The maximum Gasteiger partial charge on any atom is 0.161 e. The number of benzene rings is 1. The summed E-state index contributed by atoms with van der Waals surface area (Å²) >= 11 is 8.20. The standard InChI is InChI=1S/C14H15ClIN3/c1-8(2)12-11(16)14(17-3)19-13(18-12)9-4-6-10(15)7-5-9/h4-8H,1-3H3,(H,17,18,19). The Balaban J connectivity index is 2.57. The Labute approximate surface area is 132 Å². The third-order valence-corrected chi connectivity index (χ3v) is 4.08. The second-order valence-corrected chi connectivity index (χ2v) is 6.02. The normalized spacial score (nSPS) is 10.8. The molecule has 0 amide bonds. The van der Waals surface area contributed by atoms with Crippen molar-refractivity contribution in [3.8, 4) is 11.4 Å². The van der Waals surface area contributed by atoms with Crippen LogP contribution in [0.4, 0.5) is 5.82 Å². The van der Waals surface area contributed by atoms with Gasteiger partial charge in [-0.05, 0) is 52.8 Å². The van der Waals surface area contributed by atoms with Gasteiger partial charge in [-0.1, -0.05) is 25.4 Å². The summed E-state index contributed by atoms with van der Waals surface area (Å²) in [6, 6.07) is 7.58. The average molecular weight is 388 g/mol. The lowest BCUT2D eigenvalue weighted by atomic mass is 10.1. The number of rotatable bonds is 3. The monoisotopic (exact) mass is 387 g/mol. The molecule has 1 aromatic heterocycles. The van der Waals surface area contributed by atoms with Crippen LogP contribution in [0.15, 0.2) is 24.3 Å². The largest absolute Gasteiger partial charge is 0.372 e. The van der Waals surface area contributed by atoms with Crippen LogP contribution in [-0.4, -0.2) is 17.0 Å². The van der Waals surface area contributed by atoms with Crippen molar-refractivity contribution >= 4 is 40.0 Å². The maximum absolute atomic E-state index is 5.91. The topological polar surface area (TPSA) is 37.8 Å². The Hall–Kier alpha value is -0.880. The van der Waals surface area contributed by atoms with Gasteiger partial charge < -0.3 is 5.32 Å². The van der Waals surface area contributed by atoms with E-state index in [0.29, 0.717) is 10.9 Å². The highest BCUT2D eigenvalue weighted by molar-refractivity contribution is 14.1. The van der Waals surface area contributed by atoms with Crippen molar-refractivity contribution in [2.24, 2.45) is 0 Å². The third kappa shape index (κ3) is 3.17. The molecule has 1 heterocycles. The van der Waals surface area contributed by atoms with Gasteiger partial charge in [0.15, 0.2) is 5.82 Å². The second-order valence-electron chi connectivity index (χ2n) is 4.51. The van der Waals surface area contributed by atoms with Crippen LogP contribution in [0.1, 0.15) is 25.5 Å². The summed E-state index contributed by atoms with van der Waals surface area (Å²) in [7, 11) is 1.88. The molecule has 5 heteroatoms. The first-order chi connectivity index (χ1) is 9.02. The van der Waals surface area contributed by atoms with Crippen molar-refractivity contribution < 1.29 is 0 Å². The van der Waals surface area contributed by atoms with Crippen molar-refractivity contribution in [3.05, 3.63) is 38.6 Å². The van der Waals surface area contributed by atoms with Crippen LogP contribution < -0.4 is 5.32 Å². The Morgan fingerprint density at radius 3 is 2.32 bits per heavy atom. The number of halogens is 2. The second kappa shape index (κ2) is 6.05. The first-order valence-corrected chi connectivity index (χ1v) is 7.49. The van der Waals surface area contributed by atoms with Gasteiger partial charge in [-0.25, -0.2) is 9.97 Å². The molecule has 1 aromatic carbocycles. The van der Waals surface area contributed by atoms with E-state index in [1.54, 1.807) is 0 Å². The highest BCUT2D eigenvalue weighted by Gasteiger charge is 2.14. The zero-order valence-electron chi connectivity index (χ0n) is 11.0. The van der Waals surface area contributed by atoms with Gasteiger partial charge in [0.1, 0.15) is 5.82 Å². The molecule has 0 saturated heterocycles. The summed E-state index contributed by atoms with van der Waals surface area (Å²) in [6.45, 7) is 4.27. The van der Waals surface area contributed by atoms with Gasteiger partial charge in [-0.3, -0.25) is 0 Å². The molecule has 0 aliphatic rings. The average Bonchev–Trinajstić information content (AvgIpc) is 2.39. The van der Waals surface area contributed by atoms with Crippen LogP contribution in [0.25, 0.3) is 11.4 Å². The van der Waals surface area contributed by atoms with E-state index in [9.17, 15) is 0 Å². The molecule has 0 saturated carbocycles. The van der Waals surface area contributed by atoms with E-state index in [0.717, 1.165) is 26.5 Å². The zero-order chi connectivity index (χ0) is 14.0. The van der Waals surface area contributed by atoms with E-state index in [2.05, 4.69) is 51.7 Å². The predicted octanol–water partition coefficient (Wildman–Crippen LogP) is 4.57. The first kappa shape index (κ1) is 14.5. The summed E-state index contributed by atoms with van der Waals surface area (Å²) < 4.78 is 1.08. The number of nitrogens with zero attached hydrogens (tertiary/aromatic N) is 2. The van der Waals surface area contributed by atoms with Crippen molar-refractivity contribution in [2.45, 2.75) is 19.8 Å². The smallest absolute Gasteiger partial charge is 0.161 e. The quantitative estimate of drug-likeness (QED) is 0.784. The van der Waals surface area contributed by atoms with E-state index >= 15 is 0 Å². The molecule has 2 rings (SSSR count). The van der Waals surface area contributed by atoms with Crippen LogP contribution in [-0.2, 0) is 0 Å². The maximum atomic E-state index is 5.91. The molecule has 2 aromatic rings. The van der Waals surface area contributed by atoms with Crippen LogP contribution in [0.2, 0.25) is 5.02 Å². The zero-order valence-corrected chi connectivity index (χ0v) is 14.0. The Morgan fingerprint density at radius 1 is 1.16 bits per heavy atom. The number of hydrogen-bond acceptors (Lipinski definition) is 3. The third-order valence-electron chi connectivity index (χ3n) is 2.76. The molecule has 100 valence electrons. The lowest BCUT2D eigenvalue weighted by Gasteiger charge is -2.13. The van der Waals surface area contributed by atoms with Crippen molar-refractivity contribution in [1.82, 2.24) is 9.97 Å². The van der Waals surface area contributed by atoms with Gasteiger partial charge in [0.05, 0.1) is 9.26 Å². The molecular formula is C14H15ClIN3. The summed E-state index contributed by atoms with van der Waals surface area (Å²) in [5, 5.41) is 3.84. The SMILES string of the molecule is CNc1nc(-c2ccc(Cl)cc2)nc(C(C)C)c1I. The highest BCUT2D eigenvalue weighted by atomic mass is 127. The van der Waals surface area contributed by atoms with Crippen LogP contribution in [0, 0.1) is 3.57 Å². The van der Waals surface area contributed by atoms with Gasteiger partial charge in [0, 0.05) is 17.6 Å². The molecule has 0 bridgehead atoms. The number of anilines is 1. The van der Waals surface area contributed by atoms with Gasteiger partial charge in [0.2, 0.25) is 0 Å². The van der Waals surface area contributed by atoms with Crippen LogP contribution in [0.3, 0.4) is 0 Å². The fourth-order valence-corrected chi connectivity index (χ4v) is 3.00. The molecule has 0 fully saturated rings. The summed E-state index contributed by atoms with van der Waals surface area (Å²) in [5.74, 6) is 1.95. The van der Waals surface area contributed by atoms with E-state index < -0.39 is 0 Å². The minimum Gasteiger partial charge on any atom is -0.372 e. The van der Waals surface area contributed by atoms with E-state index in [4.69, 9.17) is 11.6 Å². The van der Waals surface area contributed by atoms with Crippen LogP contribution in [0.5, 0.6) is 0 Å². The molecule has 0 spiro atoms. The van der Waals surface area contributed by atoms with Gasteiger partial charge in [0.25, 0.3) is 0 Å². The fraction of sp³-hybridized carbons (Fsp3) is 0.286. The van der Waals surface area contributed by atoms with Crippen molar-refractivity contribution in [2.75, 3.05) is 12.4 Å². The van der Waals surface area contributed by atoms with E-state index in [1.807, 2.05) is 31.3 Å². The molecule has 1 N–H and O–H groups in total. The Kier molecular flexibility index (Phi) is 4.62. The Bertz CT molecular complexity index is 582. The highest BCUT2D eigenvalue weighted by Crippen LogP contribution is 2.28. The minimum atomic E-state index is 0.355. The van der Waals surface area contributed by atoms with Crippen molar-refractivity contribution in [3.63, 3.8) is 0 Å². The van der Waals surface area contributed by atoms with Crippen LogP contribution >= 0.6 is 34.2 Å². The molecule has 0 radical (unpaired) electrons. The summed E-state index contributed by atoms with van der Waals surface area (Å²) in [5.41, 5.74) is 2.03. The first-order valence-electron chi connectivity index (χ1n) is 6.04. The molecule has 0 aliphatic carbocycles. The van der Waals surface area contributed by atoms with Gasteiger partial charge in [-0.15, -0.1) is 0 Å². The number of aromatic nitrogens is 2. The van der Waals surface area contributed by atoms with E-state index in [1.165, 1.54) is 0 Å². The molecule has 19 heavy (non-hydrogen) atoms. The lowest BCUT2D eigenvalue weighted by molar-refractivity contribution is 0.809. The number of hydrogen-bond donors (Lipinski definition) is 1. The lowest BCUT2D eigenvalue weighted by Crippen LogP contribution is -2.06. The predicted molar refractivity (Wildman–Crippen MR) is 88.8 cm³/mol. The molecule has 0 atom stereocenters. The fourth-order valence-electron chi connectivity index (χ4n) is 1.74. The molecule has 3 nitrogen and oxygen atoms in total. The molecular weight excluding hydrogens is 373 g/mol.